The third-order valence-electron chi connectivity index (χ3n) is 5.19. The fourth-order valence-corrected chi connectivity index (χ4v) is 4.85. The highest BCUT2D eigenvalue weighted by atomic mass is 35.5. The average Bonchev–Trinajstić information content (AvgIpc) is 3.50. The molecule has 5 aromatic rings. The van der Waals surface area contributed by atoms with Crippen molar-refractivity contribution in [1.29, 1.82) is 0 Å². The van der Waals surface area contributed by atoms with Gasteiger partial charge in [-0.05, 0) is 79.0 Å². The van der Waals surface area contributed by atoms with Crippen LogP contribution in [0.15, 0.2) is 81.6 Å². The van der Waals surface area contributed by atoms with Crippen LogP contribution in [0.4, 0.5) is 5.69 Å². The maximum absolute atomic E-state index is 12.4. The van der Waals surface area contributed by atoms with Crippen molar-refractivity contribution in [2.75, 3.05) is 5.32 Å². The molecule has 0 unspecified atom stereocenters. The number of fused-ring (bicyclic) bond motifs is 1. The van der Waals surface area contributed by atoms with Crippen molar-refractivity contribution in [3.8, 4) is 22.8 Å². The van der Waals surface area contributed by atoms with Gasteiger partial charge in [-0.15, -0.1) is 0 Å². The number of furan rings is 1. The zero-order valence-electron chi connectivity index (χ0n) is 19.1. The van der Waals surface area contributed by atoms with Crippen LogP contribution in [0.1, 0.15) is 5.76 Å². The van der Waals surface area contributed by atoms with Gasteiger partial charge in [-0.2, -0.15) is 0 Å². The summed E-state index contributed by atoms with van der Waals surface area (Å²) in [4.78, 5) is 16.8. The molecule has 11 heteroatoms. The Hall–Kier alpha value is -3.33. The molecule has 0 aliphatic rings. The quantitative estimate of drug-likeness (QED) is 0.154. The number of aromatic nitrogens is 1. The van der Waals surface area contributed by atoms with Crippen LogP contribution < -0.4 is 10.6 Å². The van der Waals surface area contributed by atoms with E-state index in [-0.39, 0.29) is 5.11 Å². The third-order valence-corrected chi connectivity index (χ3v) is 6.33. The standard InChI is InChI=1S/C27H15Cl4N3O3S/c28-16-8-15(9-17(29)11-16)23-6-4-20(36-23)5-7-24(35)34-27(38)32-19-3-1-2-14(10-19)26-33-22-13-18(30)12-21(31)25(22)37-26/h1-13H,(H2,32,34,35,38)/b7-5+. The molecule has 0 atom stereocenters. The second-order valence-electron chi connectivity index (χ2n) is 7.97. The molecule has 6 nitrogen and oxygen atoms in total. The summed E-state index contributed by atoms with van der Waals surface area (Å²) in [5.74, 6) is 0.963. The molecule has 0 bridgehead atoms. The summed E-state index contributed by atoms with van der Waals surface area (Å²) in [5.41, 5.74) is 3.02. The number of carbonyl (C=O) groups is 1. The first kappa shape index (κ1) is 26.3. The third kappa shape index (κ3) is 6.20. The van der Waals surface area contributed by atoms with E-state index < -0.39 is 5.91 Å². The smallest absolute Gasteiger partial charge is 0.250 e. The van der Waals surface area contributed by atoms with Gasteiger partial charge in [0.15, 0.2) is 10.7 Å². The number of anilines is 1. The Morgan fingerprint density at radius 3 is 2.42 bits per heavy atom. The highest BCUT2D eigenvalue weighted by molar-refractivity contribution is 7.80. The molecule has 0 aliphatic carbocycles. The molecule has 0 radical (unpaired) electrons. The first-order valence-corrected chi connectivity index (χ1v) is 12.9. The fourth-order valence-electron chi connectivity index (χ4n) is 3.58. The van der Waals surface area contributed by atoms with Gasteiger partial charge in [0.25, 0.3) is 0 Å². The number of halogens is 4. The molecule has 0 saturated carbocycles. The number of nitrogens with zero attached hydrogens (tertiary/aromatic N) is 1. The van der Waals surface area contributed by atoms with E-state index in [2.05, 4.69) is 15.6 Å². The summed E-state index contributed by atoms with van der Waals surface area (Å²) in [5, 5.41) is 7.50. The number of amides is 1. The Balaban J connectivity index is 1.22. The Kier molecular flexibility index (Phi) is 7.74. The number of hydrogen-bond acceptors (Lipinski definition) is 5. The van der Waals surface area contributed by atoms with E-state index in [9.17, 15) is 4.79 Å². The van der Waals surface area contributed by atoms with E-state index in [0.29, 0.717) is 59.9 Å². The maximum Gasteiger partial charge on any atom is 0.250 e. The molecule has 0 fully saturated rings. The normalized spacial score (nSPS) is 11.3. The van der Waals surface area contributed by atoms with Crippen LogP contribution in [0, 0.1) is 0 Å². The maximum atomic E-state index is 12.4. The largest absolute Gasteiger partial charge is 0.457 e. The molecule has 2 heterocycles. The van der Waals surface area contributed by atoms with E-state index in [1.165, 1.54) is 12.2 Å². The molecule has 190 valence electrons. The van der Waals surface area contributed by atoms with Gasteiger partial charge in [-0.3, -0.25) is 10.1 Å². The van der Waals surface area contributed by atoms with E-state index in [4.69, 9.17) is 67.5 Å². The van der Waals surface area contributed by atoms with E-state index in [1.54, 1.807) is 60.7 Å². The van der Waals surface area contributed by atoms with Gasteiger partial charge >= 0.3 is 0 Å². The van der Waals surface area contributed by atoms with Gasteiger partial charge in [0.05, 0.1) is 5.02 Å². The number of benzene rings is 3. The summed E-state index contributed by atoms with van der Waals surface area (Å²) < 4.78 is 11.6. The molecule has 38 heavy (non-hydrogen) atoms. The topological polar surface area (TPSA) is 80.3 Å². The molecule has 3 aromatic carbocycles. The molecule has 0 spiro atoms. The van der Waals surface area contributed by atoms with Gasteiger partial charge in [0.1, 0.15) is 17.0 Å². The number of hydrogen-bond donors (Lipinski definition) is 2. The van der Waals surface area contributed by atoms with Crippen molar-refractivity contribution >= 4 is 92.5 Å². The van der Waals surface area contributed by atoms with Gasteiger partial charge < -0.3 is 14.2 Å². The number of oxazole rings is 1. The first-order chi connectivity index (χ1) is 18.2. The minimum absolute atomic E-state index is 0.109. The number of thiocarbonyl (C=S) groups is 1. The van der Waals surface area contributed by atoms with Crippen LogP contribution in [0.2, 0.25) is 20.1 Å². The van der Waals surface area contributed by atoms with Crippen molar-refractivity contribution in [3.05, 3.63) is 98.7 Å². The molecule has 2 aromatic heterocycles. The highest BCUT2D eigenvalue weighted by Crippen LogP contribution is 2.33. The lowest BCUT2D eigenvalue weighted by Gasteiger charge is -2.08. The summed E-state index contributed by atoms with van der Waals surface area (Å²) in [6.45, 7) is 0. The average molecular weight is 603 g/mol. The Morgan fingerprint density at radius 1 is 0.868 bits per heavy atom. The van der Waals surface area contributed by atoms with Crippen molar-refractivity contribution in [1.82, 2.24) is 10.3 Å². The SMILES string of the molecule is O=C(/C=C/c1ccc(-c2cc(Cl)cc(Cl)c2)o1)NC(=S)Nc1cccc(-c2nc3cc(Cl)cc(Cl)c3o2)c1. The molecule has 5 rings (SSSR count). The molecular formula is C27H15Cl4N3O3S. The number of nitrogens with one attached hydrogen (secondary N) is 2. The van der Waals surface area contributed by atoms with E-state index in [0.717, 1.165) is 5.56 Å². The zero-order valence-corrected chi connectivity index (χ0v) is 22.9. The van der Waals surface area contributed by atoms with E-state index >= 15 is 0 Å². The number of carbonyl (C=O) groups excluding carboxylic acids is 1. The Labute approximate surface area is 242 Å². The fraction of sp³-hybridized carbons (Fsp3) is 0. The molecule has 2 N–H and O–H groups in total. The summed E-state index contributed by atoms with van der Waals surface area (Å²) >= 11 is 29.7. The molecule has 0 aliphatic heterocycles. The summed E-state index contributed by atoms with van der Waals surface area (Å²) in [6, 6.07) is 19.1. The Morgan fingerprint density at radius 2 is 1.63 bits per heavy atom. The highest BCUT2D eigenvalue weighted by Gasteiger charge is 2.13. The van der Waals surface area contributed by atoms with Crippen molar-refractivity contribution in [2.24, 2.45) is 0 Å². The van der Waals surface area contributed by atoms with E-state index in [1.807, 2.05) is 6.07 Å². The minimum atomic E-state index is -0.437. The number of rotatable bonds is 5. The van der Waals surface area contributed by atoms with Gasteiger partial charge in [-0.1, -0.05) is 52.5 Å². The van der Waals surface area contributed by atoms with Gasteiger partial charge in [-0.25, -0.2) is 4.98 Å². The Bertz CT molecular complexity index is 1710. The predicted molar refractivity (Wildman–Crippen MR) is 157 cm³/mol. The monoisotopic (exact) mass is 601 g/mol. The minimum Gasteiger partial charge on any atom is -0.457 e. The van der Waals surface area contributed by atoms with Crippen LogP contribution >= 0.6 is 58.6 Å². The predicted octanol–water partition coefficient (Wildman–Crippen LogP) is 8.89. The van der Waals surface area contributed by atoms with Crippen molar-refractivity contribution in [2.45, 2.75) is 0 Å². The van der Waals surface area contributed by atoms with Crippen LogP contribution in [0.5, 0.6) is 0 Å². The molecule has 0 saturated heterocycles. The lowest BCUT2D eigenvalue weighted by molar-refractivity contribution is -0.115. The van der Waals surface area contributed by atoms with Crippen LogP contribution in [0.25, 0.3) is 40.0 Å². The van der Waals surface area contributed by atoms with Crippen LogP contribution in [-0.4, -0.2) is 16.0 Å². The molecular weight excluding hydrogens is 588 g/mol. The van der Waals surface area contributed by atoms with Crippen molar-refractivity contribution < 1.29 is 13.6 Å². The second-order valence-corrected chi connectivity index (χ2v) is 10.1. The summed E-state index contributed by atoms with van der Waals surface area (Å²) in [7, 11) is 0. The second kappa shape index (κ2) is 11.2. The molecule has 1 amide bonds. The lowest BCUT2D eigenvalue weighted by Crippen LogP contribution is -2.32. The lowest BCUT2D eigenvalue weighted by atomic mass is 10.2. The van der Waals surface area contributed by atoms with Crippen LogP contribution in [0.3, 0.4) is 0 Å². The van der Waals surface area contributed by atoms with Crippen LogP contribution in [-0.2, 0) is 4.79 Å². The first-order valence-electron chi connectivity index (χ1n) is 11.0. The van der Waals surface area contributed by atoms with Crippen molar-refractivity contribution in [3.63, 3.8) is 0 Å². The van der Waals surface area contributed by atoms with Gasteiger partial charge in [0.2, 0.25) is 11.8 Å². The zero-order chi connectivity index (χ0) is 26.8. The summed E-state index contributed by atoms with van der Waals surface area (Å²) in [6.07, 6.45) is 2.84. The van der Waals surface area contributed by atoms with Gasteiger partial charge in [0, 0.05) is 38.0 Å².